The van der Waals surface area contributed by atoms with E-state index in [1.54, 1.807) is 0 Å². The number of benzene rings is 2. The fourth-order valence-electron chi connectivity index (χ4n) is 3.89. The van der Waals surface area contributed by atoms with Gasteiger partial charge in [-0.05, 0) is 55.1 Å². The van der Waals surface area contributed by atoms with E-state index in [9.17, 15) is 4.79 Å². The quantitative estimate of drug-likeness (QED) is 0.816. The van der Waals surface area contributed by atoms with Gasteiger partial charge in [-0.25, -0.2) is 5.43 Å². The molecule has 2 saturated carbocycles. The van der Waals surface area contributed by atoms with Crippen molar-refractivity contribution in [3.8, 4) is 0 Å². The fraction of sp³-hybridized carbons (Fsp3) is 0.364. The molecule has 2 unspecified atom stereocenters. The van der Waals surface area contributed by atoms with Crippen LogP contribution < -0.4 is 5.43 Å². The van der Waals surface area contributed by atoms with Crippen molar-refractivity contribution in [2.24, 2.45) is 11.0 Å². The largest absolute Gasteiger partial charge is 0.273 e. The van der Waals surface area contributed by atoms with Crippen LogP contribution in [0.15, 0.2) is 65.8 Å². The van der Waals surface area contributed by atoms with Gasteiger partial charge in [-0.15, -0.1) is 0 Å². The second-order valence-electron chi connectivity index (χ2n) is 7.20. The summed E-state index contributed by atoms with van der Waals surface area (Å²) in [6.07, 6.45) is 5.14. The van der Waals surface area contributed by atoms with E-state index in [4.69, 9.17) is 0 Å². The van der Waals surface area contributed by atoms with E-state index in [0.717, 1.165) is 37.8 Å². The van der Waals surface area contributed by atoms with Crippen LogP contribution in [0.3, 0.4) is 0 Å². The minimum atomic E-state index is 0.0755. The van der Waals surface area contributed by atoms with Gasteiger partial charge in [0.1, 0.15) is 0 Å². The van der Waals surface area contributed by atoms with Gasteiger partial charge in [-0.1, -0.05) is 60.7 Å². The summed E-state index contributed by atoms with van der Waals surface area (Å²) < 4.78 is 0. The Morgan fingerprint density at radius 2 is 1.48 bits per heavy atom. The van der Waals surface area contributed by atoms with Gasteiger partial charge in [0.2, 0.25) is 5.91 Å². The molecule has 0 spiro atoms. The lowest BCUT2D eigenvalue weighted by molar-refractivity contribution is -0.122. The van der Waals surface area contributed by atoms with Gasteiger partial charge < -0.3 is 0 Å². The number of hydrazone groups is 1. The Kier molecular flexibility index (Phi) is 4.64. The molecule has 1 amide bonds. The highest BCUT2D eigenvalue weighted by Crippen LogP contribution is 2.47. The van der Waals surface area contributed by atoms with Crippen LogP contribution in [0.5, 0.6) is 0 Å². The Hall–Kier alpha value is -2.42. The van der Waals surface area contributed by atoms with E-state index in [1.165, 1.54) is 11.1 Å². The molecule has 2 aliphatic carbocycles. The van der Waals surface area contributed by atoms with Crippen LogP contribution in [-0.4, -0.2) is 11.6 Å². The molecule has 0 heterocycles. The minimum absolute atomic E-state index is 0.0755. The predicted molar refractivity (Wildman–Crippen MR) is 101 cm³/mol. The first-order chi connectivity index (χ1) is 12.3. The van der Waals surface area contributed by atoms with Gasteiger partial charge in [0.15, 0.2) is 0 Å². The van der Waals surface area contributed by atoms with Crippen LogP contribution in [0, 0.1) is 5.92 Å². The third kappa shape index (κ3) is 3.81. The molecule has 2 aliphatic rings. The van der Waals surface area contributed by atoms with Crippen molar-refractivity contribution in [3.05, 3.63) is 71.8 Å². The van der Waals surface area contributed by atoms with E-state index in [1.807, 2.05) is 18.2 Å². The lowest BCUT2D eigenvalue weighted by Crippen LogP contribution is -2.23. The van der Waals surface area contributed by atoms with Crippen molar-refractivity contribution in [1.29, 1.82) is 0 Å². The zero-order valence-corrected chi connectivity index (χ0v) is 14.4. The van der Waals surface area contributed by atoms with Crippen molar-refractivity contribution in [3.63, 3.8) is 0 Å². The summed E-state index contributed by atoms with van der Waals surface area (Å²) >= 11 is 0. The van der Waals surface area contributed by atoms with Crippen LogP contribution in [0.25, 0.3) is 0 Å². The first-order valence-corrected chi connectivity index (χ1v) is 9.26. The minimum Gasteiger partial charge on any atom is -0.273 e. The van der Waals surface area contributed by atoms with E-state index in [0.29, 0.717) is 11.8 Å². The summed E-state index contributed by atoms with van der Waals surface area (Å²) in [5.41, 5.74) is 6.64. The summed E-state index contributed by atoms with van der Waals surface area (Å²) in [6, 6.07) is 21.0. The molecule has 1 N–H and O–H groups in total. The van der Waals surface area contributed by atoms with Gasteiger partial charge in [-0.3, -0.25) is 4.79 Å². The Labute approximate surface area is 149 Å². The van der Waals surface area contributed by atoms with Crippen LogP contribution >= 0.6 is 0 Å². The van der Waals surface area contributed by atoms with Crippen LogP contribution in [0.2, 0.25) is 0 Å². The van der Waals surface area contributed by atoms with Crippen LogP contribution in [-0.2, 0) is 4.79 Å². The number of carbonyl (C=O) groups excluding carboxylic acids is 1. The highest BCUT2D eigenvalue weighted by molar-refractivity contribution is 5.88. The number of amides is 1. The maximum atomic E-state index is 12.3. The maximum absolute atomic E-state index is 12.3. The van der Waals surface area contributed by atoms with Gasteiger partial charge in [-0.2, -0.15) is 5.10 Å². The molecule has 2 aromatic rings. The third-order valence-corrected chi connectivity index (χ3v) is 5.51. The van der Waals surface area contributed by atoms with Gasteiger partial charge in [0.05, 0.1) is 0 Å². The Bertz CT molecular complexity index is 744. The van der Waals surface area contributed by atoms with E-state index >= 15 is 0 Å². The molecule has 3 heteroatoms. The number of rotatable bonds is 4. The molecule has 2 fully saturated rings. The fourth-order valence-corrected chi connectivity index (χ4v) is 3.89. The zero-order chi connectivity index (χ0) is 17.1. The Morgan fingerprint density at radius 3 is 2.12 bits per heavy atom. The standard InChI is InChI=1S/C22H24N2O/c25-22(21-15-20(21)18-9-5-2-6-10-18)24-23-19-13-11-17(12-14-19)16-7-3-1-4-8-16/h1-10,17,20-21H,11-15H2,(H,24,25). The molecular weight excluding hydrogens is 308 g/mol. The van der Waals surface area contributed by atoms with Crippen LogP contribution in [0.4, 0.5) is 0 Å². The summed E-state index contributed by atoms with van der Waals surface area (Å²) in [7, 11) is 0. The third-order valence-electron chi connectivity index (χ3n) is 5.51. The van der Waals surface area contributed by atoms with E-state index in [-0.39, 0.29) is 11.8 Å². The van der Waals surface area contributed by atoms with Crippen molar-refractivity contribution in [2.45, 2.75) is 43.9 Å². The summed E-state index contributed by atoms with van der Waals surface area (Å²) in [4.78, 5) is 12.3. The Balaban J connectivity index is 1.27. The lowest BCUT2D eigenvalue weighted by atomic mass is 9.83. The molecule has 0 aromatic heterocycles. The number of carbonyl (C=O) groups is 1. The van der Waals surface area contributed by atoms with Crippen molar-refractivity contribution >= 4 is 11.6 Å². The molecule has 4 rings (SSSR count). The lowest BCUT2D eigenvalue weighted by Gasteiger charge is -2.23. The molecule has 0 radical (unpaired) electrons. The normalized spacial score (nSPS) is 25.3. The second kappa shape index (κ2) is 7.22. The van der Waals surface area contributed by atoms with Crippen molar-refractivity contribution < 1.29 is 4.79 Å². The average molecular weight is 332 g/mol. The molecule has 0 aliphatic heterocycles. The van der Waals surface area contributed by atoms with E-state index < -0.39 is 0 Å². The number of nitrogens with zero attached hydrogens (tertiary/aromatic N) is 1. The molecule has 2 atom stereocenters. The SMILES string of the molecule is O=C(NN=C1CCC(c2ccccc2)CC1)C1CC1c1ccccc1. The van der Waals surface area contributed by atoms with Gasteiger partial charge in [0.25, 0.3) is 0 Å². The topological polar surface area (TPSA) is 41.5 Å². The molecule has 25 heavy (non-hydrogen) atoms. The smallest absolute Gasteiger partial charge is 0.243 e. The summed E-state index contributed by atoms with van der Waals surface area (Å²) in [6.45, 7) is 0. The summed E-state index contributed by atoms with van der Waals surface area (Å²) in [5, 5.41) is 4.42. The zero-order valence-electron chi connectivity index (χ0n) is 14.4. The first-order valence-electron chi connectivity index (χ1n) is 9.26. The molecule has 128 valence electrons. The van der Waals surface area contributed by atoms with Crippen LogP contribution in [0.1, 0.15) is 55.1 Å². The first kappa shape index (κ1) is 16.1. The summed E-state index contributed by atoms with van der Waals surface area (Å²) in [5.74, 6) is 1.16. The highest BCUT2D eigenvalue weighted by atomic mass is 16.2. The van der Waals surface area contributed by atoms with Gasteiger partial charge in [0, 0.05) is 11.6 Å². The molecule has 2 aromatic carbocycles. The van der Waals surface area contributed by atoms with E-state index in [2.05, 4.69) is 53.0 Å². The maximum Gasteiger partial charge on any atom is 0.243 e. The highest BCUT2D eigenvalue weighted by Gasteiger charge is 2.43. The number of nitrogens with one attached hydrogen (secondary N) is 1. The molecule has 3 nitrogen and oxygen atoms in total. The number of hydrogen-bond acceptors (Lipinski definition) is 2. The molecule has 0 saturated heterocycles. The number of hydrogen-bond donors (Lipinski definition) is 1. The predicted octanol–water partition coefficient (Wildman–Crippen LogP) is 4.62. The second-order valence-corrected chi connectivity index (χ2v) is 7.20. The Morgan fingerprint density at radius 1 is 0.880 bits per heavy atom. The monoisotopic (exact) mass is 332 g/mol. The van der Waals surface area contributed by atoms with Crippen molar-refractivity contribution in [1.82, 2.24) is 5.43 Å². The average Bonchev–Trinajstić information content (AvgIpc) is 3.49. The molecular formula is C22H24N2O. The molecule has 0 bridgehead atoms. The van der Waals surface area contributed by atoms with Crippen molar-refractivity contribution in [2.75, 3.05) is 0 Å². The van der Waals surface area contributed by atoms with Gasteiger partial charge >= 0.3 is 0 Å².